The Labute approximate surface area is 551 Å². The summed E-state index contributed by atoms with van der Waals surface area (Å²) in [6.45, 7) is 68.0. The third kappa shape index (κ3) is 21.6. The second-order valence-electron chi connectivity index (χ2n) is 28.7. The van der Waals surface area contributed by atoms with Crippen LogP contribution in [0.3, 0.4) is 0 Å². The molecule has 0 bridgehead atoms. The summed E-state index contributed by atoms with van der Waals surface area (Å²) in [5.41, 5.74) is 25.4. The Morgan fingerprint density at radius 3 is 0.867 bits per heavy atom. The summed E-state index contributed by atoms with van der Waals surface area (Å²) in [4.78, 5) is -0.278. The van der Waals surface area contributed by atoms with Crippen molar-refractivity contribution >= 4 is 132 Å². The first-order valence-corrected chi connectivity index (χ1v) is 52.8. The van der Waals surface area contributed by atoms with Crippen LogP contribution >= 0.6 is 132 Å². The van der Waals surface area contributed by atoms with Crippen molar-refractivity contribution in [3.05, 3.63) is 105 Å². The van der Waals surface area contributed by atoms with Gasteiger partial charge in [-0.15, -0.1) is 13.2 Å². The number of benzene rings is 2. The average Bonchev–Trinajstić information content (AvgIpc) is 3.18. The molecule has 0 nitrogen and oxygen atoms in total. The van der Waals surface area contributed by atoms with Crippen LogP contribution in [-0.4, -0.2) is 10.7 Å². The normalized spacial score (nSPS) is 22.6. The number of halogens is 7. The Morgan fingerprint density at radius 2 is 0.707 bits per heavy atom. The van der Waals surface area contributed by atoms with Crippen LogP contribution in [0, 0.1) is 75.0 Å². The SMILES string of the molecule is C=C(C)CC(C)(C)CC1(C)Cc2c(C)c3c(c(C)c21)CC3(C)CC(C)(C)CC(=C)C.Cc1c2c(c(C)c3c1C(C)(CC(C)(C)CC(C)CBr)C3)C(C)(CC(C)(C)CC(C)CBr)C2.[CH2-]CC.[CH2-]CC.[I][V]([I])[I].[I][V][I]. The molecule has 0 aromatic heterocycles. The Hall–Kier alpha value is 3.70. The van der Waals surface area contributed by atoms with Gasteiger partial charge in [-0.25, -0.2) is 0 Å². The molecule has 4 aliphatic carbocycles. The van der Waals surface area contributed by atoms with Gasteiger partial charge in [0.2, 0.25) is 0 Å². The molecule has 2 aromatic rings. The summed E-state index contributed by atoms with van der Waals surface area (Å²) < 4.78 is 0. The van der Waals surface area contributed by atoms with Crippen molar-refractivity contribution in [2.75, 3.05) is 10.7 Å². The van der Waals surface area contributed by atoms with Gasteiger partial charge in [0.25, 0.3) is 0 Å². The monoisotopic (exact) mass is 1800 g/mol. The van der Waals surface area contributed by atoms with Gasteiger partial charge in [0.1, 0.15) is 0 Å². The van der Waals surface area contributed by atoms with E-state index in [9.17, 15) is 0 Å². The Bertz CT molecular complexity index is 2020. The Morgan fingerprint density at radius 1 is 0.533 bits per heavy atom. The molecular formula is C66H108Br2I5V2-2. The standard InChI is InChI=1S/C30H48Br2.C30H46.2C3H7.5HI.2V/c1-19(15-31)11-27(5,6)17-29(9)13-23-22(4)26-24(21(3)25(23)29)14-30(26,10)18-28(7,8)12-20(2)16-32;1-19(2)13-27(7,8)17-29(11)15-23-22(6)26-24(21(5)25(23)29)16-30(26,12)18-28(9,10)14-20(3)4;2*1-3-2;;;;;;;/h19-20H,11-18H2,1-10H3;1,3,13-18H2,2,4-12H3;2*1,3H2,2H3;5*1H;;/q;;2*-1;;;;;;+2;+3/p-5. The van der Waals surface area contributed by atoms with E-state index in [2.05, 4.69) is 297 Å². The van der Waals surface area contributed by atoms with Gasteiger partial charge in [-0.05, 0) is 241 Å². The van der Waals surface area contributed by atoms with Gasteiger partial charge in [0.05, 0.1) is 0 Å². The van der Waals surface area contributed by atoms with E-state index in [-0.39, 0.29) is 4.92 Å². The van der Waals surface area contributed by atoms with Crippen molar-refractivity contribution in [1.29, 1.82) is 0 Å². The summed E-state index contributed by atoms with van der Waals surface area (Å²) in [5, 5.41) is 2.22. The molecule has 6 atom stereocenters. The minimum absolute atomic E-state index is 0.278. The number of hydrogen-bond acceptors (Lipinski definition) is 0. The van der Waals surface area contributed by atoms with E-state index in [1.807, 2.05) is 13.8 Å². The van der Waals surface area contributed by atoms with Crippen molar-refractivity contribution in [2.24, 2.45) is 33.5 Å². The fourth-order valence-electron chi connectivity index (χ4n) is 16.6. The first kappa shape index (κ1) is 76.7. The van der Waals surface area contributed by atoms with Gasteiger partial charge in [0.15, 0.2) is 0 Å². The third-order valence-electron chi connectivity index (χ3n) is 16.6. The van der Waals surface area contributed by atoms with Crippen LogP contribution in [0.1, 0.15) is 256 Å². The van der Waals surface area contributed by atoms with Crippen LogP contribution in [0.2, 0.25) is 0 Å². The van der Waals surface area contributed by atoms with Crippen LogP contribution in [0.15, 0.2) is 24.3 Å². The molecule has 0 fully saturated rings. The number of allylic oxidation sites excluding steroid dienone is 2. The molecular weight excluding hydrogens is 1690 g/mol. The number of rotatable bonds is 18. The maximum absolute atomic E-state index is 4.18. The summed E-state index contributed by atoms with van der Waals surface area (Å²) in [7, 11) is 0.628. The van der Waals surface area contributed by atoms with Crippen LogP contribution in [0.5, 0.6) is 0 Å². The Kier molecular flexibility index (Phi) is 32.6. The van der Waals surface area contributed by atoms with E-state index in [1.54, 1.807) is 66.8 Å². The van der Waals surface area contributed by atoms with Crippen LogP contribution < -0.4 is 0 Å². The molecule has 4 aliphatic rings. The molecule has 0 amide bonds. The van der Waals surface area contributed by atoms with E-state index in [4.69, 9.17) is 0 Å². The summed E-state index contributed by atoms with van der Waals surface area (Å²) in [6.07, 6.45) is 17.0. The predicted molar refractivity (Wildman–Crippen MR) is 385 cm³/mol. The molecule has 6 rings (SSSR count). The van der Waals surface area contributed by atoms with Crippen LogP contribution in [0.4, 0.5) is 0 Å². The van der Waals surface area contributed by atoms with Crippen LogP contribution in [-0.2, 0) is 61.7 Å². The summed E-state index contributed by atoms with van der Waals surface area (Å²) >= 11 is 19.5. The predicted octanol–water partition coefficient (Wildman–Crippen LogP) is 25.2. The molecule has 0 N–H and O–H groups in total. The van der Waals surface area contributed by atoms with E-state index in [0.717, 1.165) is 48.2 Å². The van der Waals surface area contributed by atoms with Gasteiger partial charge in [-0.2, -0.15) is 12.8 Å². The zero-order valence-electron chi connectivity index (χ0n) is 51.8. The molecule has 0 saturated heterocycles. The van der Waals surface area contributed by atoms with Gasteiger partial charge >= 0.3 is 114 Å². The molecule has 0 aliphatic heterocycles. The van der Waals surface area contributed by atoms with Crippen molar-refractivity contribution < 1.29 is 14.4 Å². The number of fused-ring (bicyclic) bond motifs is 4. The van der Waals surface area contributed by atoms with E-state index >= 15 is 0 Å². The number of alkyl halides is 2. The van der Waals surface area contributed by atoms with Gasteiger partial charge in [0, 0.05) is 10.7 Å². The molecule has 0 saturated carbocycles. The quantitative estimate of drug-likeness (QED) is 0.0604. The average molecular weight is 1800 g/mol. The molecule has 433 valence electrons. The van der Waals surface area contributed by atoms with Gasteiger partial charge in [-0.1, -0.05) is 154 Å². The van der Waals surface area contributed by atoms with Crippen molar-refractivity contribution in [1.82, 2.24) is 0 Å². The second-order valence-corrected chi connectivity index (χ2v) is 77.1. The summed E-state index contributed by atoms with van der Waals surface area (Å²) in [5.74, 6) is 1.48. The number of hydrogen-bond donors (Lipinski definition) is 0. The Balaban J connectivity index is 0.000000610. The molecule has 0 spiro atoms. The van der Waals surface area contributed by atoms with E-state index in [1.165, 1.54) is 75.4 Å². The topological polar surface area (TPSA) is 0 Å². The molecule has 2 aromatic carbocycles. The third-order valence-corrected chi connectivity index (χ3v) is 18.8. The van der Waals surface area contributed by atoms with Crippen LogP contribution in [0.25, 0.3) is 0 Å². The fraction of sp³-hybridized carbons (Fsp3) is 0.727. The molecule has 9 heteroatoms. The zero-order chi connectivity index (χ0) is 58.8. The molecule has 0 radical (unpaired) electrons. The molecule has 0 heterocycles. The second kappa shape index (κ2) is 31.9. The maximum atomic E-state index is 4.18. The minimum atomic E-state index is -0.278. The van der Waals surface area contributed by atoms with Gasteiger partial charge < -0.3 is 13.8 Å². The molecule has 6 unspecified atom stereocenters. The summed E-state index contributed by atoms with van der Waals surface area (Å²) in [6, 6.07) is 0. The molecule has 75 heavy (non-hydrogen) atoms. The first-order chi connectivity index (χ1) is 34.1. The van der Waals surface area contributed by atoms with Crippen molar-refractivity contribution in [2.45, 2.75) is 264 Å². The van der Waals surface area contributed by atoms with Gasteiger partial charge in [-0.3, -0.25) is 0 Å². The van der Waals surface area contributed by atoms with E-state index in [0.29, 0.717) is 52.8 Å². The zero-order valence-corrected chi connectivity index (χ0v) is 68.6. The first-order valence-electron chi connectivity index (χ1n) is 28.1. The van der Waals surface area contributed by atoms with Crippen molar-refractivity contribution in [3.8, 4) is 0 Å². The van der Waals surface area contributed by atoms with Crippen molar-refractivity contribution in [3.63, 3.8) is 0 Å². The fourth-order valence-corrected chi connectivity index (χ4v) is 17.1. The van der Waals surface area contributed by atoms with E-state index < -0.39 is 0 Å².